The van der Waals surface area contributed by atoms with Crippen LogP contribution in [0.3, 0.4) is 0 Å². The standard InChI is InChI=1S/C9H13N7/c1-5-3-6(4-12-5)16(2)9-14-7(10)13-8(11)15-9/h3-4,12H,1-2H3,(H4,10,11,13,14,15). The summed E-state index contributed by atoms with van der Waals surface area (Å²) in [7, 11) is 1.83. The van der Waals surface area contributed by atoms with E-state index in [1.807, 2.05) is 26.2 Å². The van der Waals surface area contributed by atoms with Gasteiger partial charge in [0.1, 0.15) is 0 Å². The predicted molar refractivity (Wildman–Crippen MR) is 62.2 cm³/mol. The SMILES string of the molecule is Cc1cc(N(C)c2nc(N)nc(N)n2)c[nH]1. The Kier molecular flexibility index (Phi) is 2.35. The van der Waals surface area contributed by atoms with Crippen LogP contribution in [0, 0.1) is 6.92 Å². The van der Waals surface area contributed by atoms with E-state index in [-0.39, 0.29) is 11.9 Å². The minimum atomic E-state index is 0.113. The van der Waals surface area contributed by atoms with Gasteiger partial charge in [-0.1, -0.05) is 0 Å². The average Bonchev–Trinajstić information content (AvgIpc) is 2.62. The van der Waals surface area contributed by atoms with E-state index in [9.17, 15) is 0 Å². The lowest BCUT2D eigenvalue weighted by atomic mass is 10.4. The Morgan fingerprint density at radius 1 is 1.19 bits per heavy atom. The Hall–Kier alpha value is -2.31. The molecule has 2 rings (SSSR count). The van der Waals surface area contributed by atoms with Crippen LogP contribution >= 0.6 is 0 Å². The highest BCUT2D eigenvalue weighted by Gasteiger charge is 2.10. The molecule has 0 radical (unpaired) electrons. The van der Waals surface area contributed by atoms with Gasteiger partial charge < -0.3 is 21.4 Å². The van der Waals surface area contributed by atoms with Gasteiger partial charge in [0, 0.05) is 18.9 Å². The summed E-state index contributed by atoms with van der Waals surface area (Å²) in [5, 5.41) is 0. The number of nitrogen functional groups attached to an aromatic ring is 2. The number of anilines is 4. The number of nitrogens with one attached hydrogen (secondary N) is 1. The average molecular weight is 219 g/mol. The van der Waals surface area contributed by atoms with Crippen LogP contribution in [-0.2, 0) is 0 Å². The molecule has 5 N–H and O–H groups in total. The Balaban J connectivity index is 2.37. The molecular weight excluding hydrogens is 206 g/mol. The fraction of sp³-hybridized carbons (Fsp3) is 0.222. The van der Waals surface area contributed by atoms with Crippen molar-refractivity contribution in [2.45, 2.75) is 6.92 Å². The minimum absolute atomic E-state index is 0.113. The monoisotopic (exact) mass is 219 g/mol. The van der Waals surface area contributed by atoms with Crippen molar-refractivity contribution in [3.8, 4) is 0 Å². The number of rotatable bonds is 2. The van der Waals surface area contributed by atoms with Crippen LogP contribution in [0.25, 0.3) is 0 Å². The molecule has 0 aliphatic heterocycles. The Morgan fingerprint density at radius 3 is 2.31 bits per heavy atom. The first-order valence-electron chi connectivity index (χ1n) is 4.72. The lowest BCUT2D eigenvalue weighted by molar-refractivity contribution is 1.01. The number of nitrogens with zero attached hydrogens (tertiary/aromatic N) is 4. The number of hydrogen-bond acceptors (Lipinski definition) is 6. The van der Waals surface area contributed by atoms with Gasteiger partial charge in [-0.2, -0.15) is 15.0 Å². The molecule has 16 heavy (non-hydrogen) atoms. The molecule has 0 atom stereocenters. The molecular formula is C9H13N7. The largest absolute Gasteiger partial charge is 0.368 e. The van der Waals surface area contributed by atoms with E-state index in [1.54, 1.807) is 4.90 Å². The zero-order chi connectivity index (χ0) is 11.7. The van der Waals surface area contributed by atoms with Crippen LogP contribution in [0.15, 0.2) is 12.3 Å². The van der Waals surface area contributed by atoms with Gasteiger partial charge in [0.15, 0.2) is 0 Å². The molecule has 0 aliphatic carbocycles. The van der Waals surface area contributed by atoms with E-state index in [4.69, 9.17) is 11.5 Å². The zero-order valence-corrected chi connectivity index (χ0v) is 9.10. The lowest BCUT2D eigenvalue weighted by Gasteiger charge is -2.15. The van der Waals surface area contributed by atoms with Gasteiger partial charge >= 0.3 is 0 Å². The van der Waals surface area contributed by atoms with E-state index in [0.717, 1.165) is 11.4 Å². The van der Waals surface area contributed by atoms with Gasteiger partial charge in [0.05, 0.1) is 5.69 Å². The van der Waals surface area contributed by atoms with Crippen molar-refractivity contribution in [2.75, 3.05) is 23.4 Å². The topological polar surface area (TPSA) is 110 Å². The molecule has 0 bridgehead atoms. The van der Waals surface area contributed by atoms with E-state index in [1.165, 1.54) is 0 Å². The Labute approximate surface area is 92.5 Å². The number of aromatic amines is 1. The van der Waals surface area contributed by atoms with Crippen LogP contribution in [-0.4, -0.2) is 27.0 Å². The summed E-state index contributed by atoms with van der Waals surface area (Å²) in [5.41, 5.74) is 13.0. The molecule has 0 fully saturated rings. The molecule has 0 spiro atoms. The summed E-state index contributed by atoms with van der Waals surface area (Å²) in [5.74, 6) is 0.646. The predicted octanol–water partition coefficient (Wildman–Crippen LogP) is 0.440. The quantitative estimate of drug-likeness (QED) is 0.676. The number of hydrogen-bond donors (Lipinski definition) is 3. The fourth-order valence-electron chi connectivity index (χ4n) is 1.35. The maximum Gasteiger partial charge on any atom is 0.236 e. The molecule has 0 aromatic carbocycles. The van der Waals surface area contributed by atoms with Crippen molar-refractivity contribution in [3.05, 3.63) is 18.0 Å². The van der Waals surface area contributed by atoms with Crippen LogP contribution in [0.4, 0.5) is 23.5 Å². The first kappa shape index (κ1) is 10.2. The zero-order valence-electron chi connectivity index (χ0n) is 9.10. The Morgan fingerprint density at radius 2 is 1.81 bits per heavy atom. The molecule has 0 amide bonds. The van der Waals surface area contributed by atoms with Crippen LogP contribution < -0.4 is 16.4 Å². The van der Waals surface area contributed by atoms with Gasteiger partial charge in [0.25, 0.3) is 0 Å². The van der Waals surface area contributed by atoms with Gasteiger partial charge in [-0.25, -0.2) is 0 Å². The molecule has 0 saturated heterocycles. The van der Waals surface area contributed by atoms with E-state index < -0.39 is 0 Å². The third-order valence-corrected chi connectivity index (χ3v) is 2.16. The van der Waals surface area contributed by atoms with E-state index in [2.05, 4.69) is 19.9 Å². The fourth-order valence-corrected chi connectivity index (χ4v) is 1.35. The molecule has 0 saturated carbocycles. The van der Waals surface area contributed by atoms with E-state index >= 15 is 0 Å². The van der Waals surface area contributed by atoms with Crippen molar-refractivity contribution in [1.29, 1.82) is 0 Å². The molecule has 2 aromatic heterocycles. The summed E-state index contributed by atoms with van der Waals surface area (Å²) in [4.78, 5) is 16.6. The first-order chi connectivity index (χ1) is 7.56. The first-order valence-corrected chi connectivity index (χ1v) is 4.72. The van der Waals surface area contributed by atoms with Gasteiger partial charge in [0.2, 0.25) is 17.8 Å². The summed E-state index contributed by atoms with van der Waals surface area (Å²) in [6, 6.07) is 1.97. The molecule has 0 aliphatic rings. The smallest absolute Gasteiger partial charge is 0.236 e. The van der Waals surface area contributed by atoms with Crippen molar-refractivity contribution in [2.24, 2.45) is 0 Å². The summed E-state index contributed by atoms with van der Waals surface area (Å²) >= 11 is 0. The number of H-pyrrole nitrogens is 1. The molecule has 7 nitrogen and oxygen atoms in total. The van der Waals surface area contributed by atoms with Gasteiger partial charge in [-0.3, -0.25) is 0 Å². The normalized spacial score (nSPS) is 10.4. The van der Waals surface area contributed by atoms with E-state index in [0.29, 0.717) is 5.95 Å². The molecule has 84 valence electrons. The second-order valence-corrected chi connectivity index (χ2v) is 3.45. The summed E-state index contributed by atoms with van der Waals surface area (Å²) < 4.78 is 0. The second kappa shape index (κ2) is 3.69. The highest BCUT2D eigenvalue weighted by Crippen LogP contribution is 2.21. The molecule has 7 heteroatoms. The van der Waals surface area contributed by atoms with Gasteiger partial charge in [-0.05, 0) is 13.0 Å². The minimum Gasteiger partial charge on any atom is -0.368 e. The van der Waals surface area contributed by atoms with Crippen LogP contribution in [0.1, 0.15) is 5.69 Å². The van der Waals surface area contributed by atoms with Crippen LogP contribution in [0.2, 0.25) is 0 Å². The second-order valence-electron chi connectivity index (χ2n) is 3.45. The van der Waals surface area contributed by atoms with Crippen LogP contribution in [0.5, 0.6) is 0 Å². The highest BCUT2D eigenvalue weighted by molar-refractivity contribution is 5.57. The van der Waals surface area contributed by atoms with Crippen molar-refractivity contribution < 1.29 is 0 Å². The molecule has 2 heterocycles. The van der Waals surface area contributed by atoms with Gasteiger partial charge in [-0.15, -0.1) is 0 Å². The summed E-state index contributed by atoms with van der Waals surface area (Å²) in [6.07, 6.45) is 1.85. The number of aromatic nitrogens is 4. The third kappa shape index (κ3) is 1.88. The molecule has 0 unspecified atom stereocenters. The maximum absolute atomic E-state index is 5.50. The summed E-state index contributed by atoms with van der Waals surface area (Å²) in [6.45, 7) is 1.97. The highest BCUT2D eigenvalue weighted by atomic mass is 15.3. The van der Waals surface area contributed by atoms with Crippen molar-refractivity contribution in [3.63, 3.8) is 0 Å². The van der Waals surface area contributed by atoms with Crippen molar-refractivity contribution >= 4 is 23.5 Å². The number of nitrogens with two attached hydrogens (primary N) is 2. The third-order valence-electron chi connectivity index (χ3n) is 2.16. The maximum atomic E-state index is 5.50. The Bertz CT molecular complexity index is 484. The van der Waals surface area contributed by atoms with Crippen molar-refractivity contribution in [1.82, 2.24) is 19.9 Å². The molecule has 2 aromatic rings. The number of aryl methyl sites for hydroxylation is 1. The lowest BCUT2D eigenvalue weighted by Crippen LogP contribution is -2.15.